The van der Waals surface area contributed by atoms with Crippen LogP contribution in [0.1, 0.15) is 11.4 Å². The van der Waals surface area contributed by atoms with Crippen LogP contribution in [0.25, 0.3) is 0 Å². The van der Waals surface area contributed by atoms with Crippen LogP contribution < -0.4 is 5.32 Å². The second kappa shape index (κ2) is 4.72. The first-order valence-corrected chi connectivity index (χ1v) is 5.04. The van der Waals surface area contributed by atoms with Gasteiger partial charge in [0.2, 0.25) is 0 Å². The van der Waals surface area contributed by atoms with Crippen molar-refractivity contribution in [2.45, 2.75) is 13.5 Å². The minimum atomic E-state index is -0.149. The Morgan fingerprint density at radius 1 is 1.31 bits per heavy atom. The quantitative estimate of drug-likeness (QED) is 0.822. The van der Waals surface area contributed by atoms with E-state index in [-0.39, 0.29) is 6.61 Å². The molecule has 0 saturated carbocycles. The van der Waals surface area contributed by atoms with E-state index < -0.39 is 0 Å². The number of aromatic nitrogens is 2. The van der Waals surface area contributed by atoms with Crippen LogP contribution >= 0.6 is 0 Å². The topological polar surface area (TPSA) is 58.0 Å². The fourth-order valence-corrected chi connectivity index (χ4v) is 1.42. The van der Waals surface area contributed by atoms with E-state index in [1.165, 1.54) is 5.56 Å². The smallest absolute Gasteiger partial charge is 0.156 e. The molecule has 0 spiro atoms. The standard InChI is InChI=1S/C12H13N3O/c1-9-3-2-4-10(7-9)14-11-5-6-13-12(8-16)15-11/h2-7,16H,8H2,1H3,(H,13,14,15). The summed E-state index contributed by atoms with van der Waals surface area (Å²) in [5.41, 5.74) is 2.16. The molecule has 16 heavy (non-hydrogen) atoms. The van der Waals surface area contributed by atoms with E-state index in [1.54, 1.807) is 12.3 Å². The monoisotopic (exact) mass is 215 g/mol. The maximum absolute atomic E-state index is 8.92. The van der Waals surface area contributed by atoms with Gasteiger partial charge >= 0.3 is 0 Å². The second-order valence-corrected chi connectivity index (χ2v) is 3.51. The van der Waals surface area contributed by atoms with Crippen LogP contribution in [-0.2, 0) is 6.61 Å². The number of anilines is 2. The molecule has 0 aliphatic heterocycles. The largest absolute Gasteiger partial charge is 0.388 e. The fraction of sp³-hybridized carbons (Fsp3) is 0.167. The number of nitrogens with zero attached hydrogens (tertiary/aromatic N) is 2. The zero-order valence-electron chi connectivity index (χ0n) is 9.01. The molecule has 4 heteroatoms. The van der Waals surface area contributed by atoms with Gasteiger partial charge in [0.15, 0.2) is 5.82 Å². The van der Waals surface area contributed by atoms with E-state index >= 15 is 0 Å². The number of hydrogen-bond acceptors (Lipinski definition) is 4. The predicted molar refractivity (Wildman–Crippen MR) is 62.4 cm³/mol. The number of hydrogen-bond donors (Lipinski definition) is 2. The third-order valence-corrected chi connectivity index (χ3v) is 2.14. The number of benzene rings is 1. The van der Waals surface area contributed by atoms with Crippen molar-refractivity contribution in [2.75, 3.05) is 5.32 Å². The van der Waals surface area contributed by atoms with Crippen LogP contribution in [0.4, 0.5) is 11.5 Å². The van der Waals surface area contributed by atoms with Gasteiger partial charge in [-0.05, 0) is 30.7 Å². The molecule has 0 atom stereocenters. The minimum absolute atomic E-state index is 0.149. The minimum Gasteiger partial charge on any atom is -0.388 e. The van der Waals surface area contributed by atoms with E-state index in [0.717, 1.165) is 5.69 Å². The zero-order chi connectivity index (χ0) is 11.4. The number of aryl methyl sites for hydroxylation is 1. The molecule has 0 amide bonds. The molecule has 2 aromatic rings. The Kier molecular flexibility index (Phi) is 3.12. The van der Waals surface area contributed by atoms with E-state index in [1.807, 2.05) is 31.2 Å². The van der Waals surface area contributed by atoms with E-state index in [4.69, 9.17) is 5.11 Å². The highest BCUT2D eigenvalue weighted by Crippen LogP contribution is 2.15. The van der Waals surface area contributed by atoms with Gasteiger partial charge in [0.25, 0.3) is 0 Å². The van der Waals surface area contributed by atoms with E-state index in [0.29, 0.717) is 11.6 Å². The lowest BCUT2D eigenvalue weighted by Crippen LogP contribution is -1.99. The third-order valence-electron chi connectivity index (χ3n) is 2.14. The molecular weight excluding hydrogens is 202 g/mol. The van der Waals surface area contributed by atoms with E-state index in [9.17, 15) is 0 Å². The van der Waals surface area contributed by atoms with Crippen LogP contribution in [0.5, 0.6) is 0 Å². The molecule has 0 unspecified atom stereocenters. The van der Waals surface area contributed by atoms with Gasteiger partial charge in [-0.15, -0.1) is 0 Å². The summed E-state index contributed by atoms with van der Waals surface area (Å²) in [7, 11) is 0. The summed E-state index contributed by atoms with van der Waals surface area (Å²) in [4.78, 5) is 8.06. The first-order chi connectivity index (χ1) is 7.78. The number of nitrogens with one attached hydrogen (secondary N) is 1. The van der Waals surface area contributed by atoms with Crippen LogP contribution in [-0.4, -0.2) is 15.1 Å². The lowest BCUT2D eigenvalue weighted by atomic mass is 10.2. The SMILES string of the molecule is Cc1cccc(Nc2ccnc(CO)n2)c1. The molecule has 2 rings (SSSR count). The molecule has 0 aliphatic carbocycles. The Balaban J connectivity index is 2.20. The molecule has 1 heterocycles. The summed E-state index contributed by atoms with van der Waals surface area (Å²) in [5, 5.41) is 12.1. The molecule has 0 saturated heterocycles. The number of aliphatic hydroxyl groups is 1. The first-order valence-electron chi connectivity index (χ1n) is 5.04. The summed E-state index contributed by atoms with van der Waals surface area (Å²) in [5.74, 6) is 1.10. The molecule has 0 radical (unpaired) electrons. The molecule has 82 valence electrons. The number of aliphatic hydroxyl groups excluding tert-OH is 1. The molecule has 0 aliphatic rings. The van der Waals surface area contributed by atoms with Crippen LogP contribution in [0, 0.1) is 6.92 Å². The molecule has 1 aromatic carbocycles. The van der Waals surface area contributed by atoms with Crippen molar-refractivity contribution >= 4 is 11.5 Å². The summed E-state index contributed by atoms with van der Waals surface area (Å²) >= 11 is 0. The molecule has 4 nitrogen and oxygen atoms in total. The second-order valence-electron chi connectivity index (χ2n) is 3.51. The van der Waals surface area contributed by atoms with Gasteiger partial charge < -0.3 is 10.4 Å². The number of rotatable bonds is 3. The van der Waals surface area contributed by atoms with Crippen molar-refractivity contribution in [2.24, 2.45) is 0 Å². The normalized spacial score (nSPS) is 10.1. The lowest BCUT2D eigenvalue weighted by molar-refractivity contribution is 0.271. The molecule has 1 aromatic heterocycles. The maximum atomic E-state index is 8.92. The molecule has 2 N–H and O–H groups in total. The Morgan fingerprint density at radius 3 is 2.94 bits per heavy atom. The summed E-state index contributed by atoms with van der Waals surface area (Å²) in [6.45, 7) is 1.88. The Labute approximate surface area is 94.0 Å². The van der Waals surface area contributed by atoms with Crippen LogP contribution in [0.2, 0.25) is 0 Å². The van der Waals surface area contributed by atoms with Crippen molar-refractivity contribution in [1.82, 2.24) is 9.97 Å². The van der Waals surface area contributed by atoms with Gasteiger partial charge in [-0.25, -0.2) is 9.97 Å². The van der Waals surface area contributed by atoms with Gasteiger partial charge in [0, 0.05) is 11.9 Å². The van der Waals surface area contributed by atoms with E-state index in [2.05, 4.69) is 15.3 Å². The Morgan fingerprint density at radius 2 is 2.19 bits per heavy atom. The maximum Gasteiger partial charge on any atom is 0.156 e. The molecule has 0 fully saturated rings. The molecular formula is C12H13N3O. The van der Waals surface area contributed by atoms with Crippen LogP contribution in [0.15, 0.2) is 36.5 Å². The Hall–Kier alpha value is -1.94. The highest BCUT2D eigenvalue weighted by molar-refractivity contribution is 5.56. The van der Waals surface area contributed by atoms with Crippen molar-refractivity contribution < 1.29 is 5.11 Å². The predicted octanol–water partition coefficient (Wildman–Crippen LogP) is 2.02. The van der Waals surface area contributed by atoms with Crippen molar-refractivity contribution in [3.63, 3.8) is 0 Å². The summed E-state index contributed by atoms with van der Waals surface area (Å²) in [6, 6.07) is 9.77. The van der Waals surface area contributed by atoms with Gasteiger partial charge in [-0.1, -0.05) is 12.1 Å². The highest BCUT2D eigenvalue weighted by atomic mass is 16.3. The zero-order valence-corrected chi connectivity index (χ0v) is 9.01. The van der Waals surface area contributed by atoms with Crippen LogP contribution in [0.3, 0.4) is 0 Å². The van der Waals surface area contributed by atoms with Crippen molar-refractivity contribution in [1.29, 1.82) is 0 Å². The summed E-state index contributed by atoms with van der Waals surface area (Å²) < 4.78 is 0. The average molecular weight is 215 g/mol. The average Bonchev–Trinajstić information content (AvgIpc) is 2.29. The fourth-order valence-electron chi connectivity index (χ4n) is 1.42. The molecule has 0 bridgehead atoms. The lowest BCUT2D eigenvalue weighted by Gasteiger charge is -2.06. The summed E-state index contributed by atoms with van der Waals surface area (Å²) in [6.07, 6.45) is 1.62. The highest BCUT2D eigenvalue weighted by Gasteiger charge is 1.98. The van der Waals surface area contributed by atoms with Gasteiger partial charge in [0.1, 0.15) is 12.4 Å². The van der Waals surface area contributed by atoms with Gasteiger partial charge in [-0.2, -0.15) is 0 Å². The van der Waals surface area contributed by atoms with Gasteiger partial charge in [-0.3, -0.25) is 0 Å². The first kappa shape index (κ1) is 10.6. The van der Waals surface area contributed by atoms with Crippen molar-refractivity contribution in [3.8, 4) is 0 Å². The Bertz CT molecular complexity index is 485. The third kappa shape index (κ3) is 2.55. The van der Waals surface area contributed by atoms with Crippen molar-refractivity contribution in [3.05, 3.63) is 47.9 Å². The van der Waals surface area contributed by atoms with Gasteiger partial charge in [0.05, 0.1) is 0 Å².